The normalized spacial score (nSPS) is 11.9. The Morgan fingerprint density at radius 2 is 1.89 bits per heavy atom. The molecule has 1 aromatic heterocycles. The highest BCUT2D eigenvalue weighted by Crippen LogP contribution is 2.20. The van der Waals surface area contributed by atoms with Gasteiger partial charge in [0.05, 0.1) is 0 Å². The maximum absolute atomic E-state index is 12.6. The van der Waals surface area contributed by atoms with Crippen LogP contribution in [0.5, 0.6) is 0 Å². The summed E-state index contributed by atoms with van der Waals surface area (Å²) in [5.74, 6) is 1.52. The van der Waals surface area contributed by atoms with Crippen molar-refractivity contribution in [1.29, 1.82) is 0 Å². The van der Waals surface area contributed by atoms with E-state index in [9.17, 15) is 4.79 Å². The molecule has 0 unspecified atom stereocenters. The van der Waals surface area contributed by atoms with Gasteiger partial charge < -0.3 is 10.2 Å². The van der Waals surface area contributed by atoms with Gasteiger partial charge in [0.15, 0.2) is 5.82 Å². The Hall–Kier alpha value is -3.15. The molecule has 140 valence electrons. The lowest BCUT2D eigenvalue weighted by Gasteiger charge is -2.13. The fraction of sp³-hybridized carbons (Fsp3) is 0.286. The second-order valence-electron chi connectivity index (χ2n) is 6.86. The summed E-state index contributed by atoms with van der Waals surface area (Å²) in [6.07, 6.45) is 0. The summed E-state index contributed by atoms with van der Waals surface area (Å²) in [6, 6.07) is 17.6. The fourth-order valence-corrected chi connectivity index (χ4v) is 2.93. The highest BCUT2D eigenvalue weighted by Gasteiger charge is 2.14. The minimum Gasteiger partial charge on any atom is -0.351 e. The number of hydrogen-bond donors (Lipinski definition) is 1. The van der Waals surface area contributed by atoms with E-state index in [0.29, 0.717) is 17.9 Å². The lowest BCUT2D eigenvalue weighted by Crippen LogP contribution is -2.27. The van der Waals surface area contributed by atoms with Crippen LogP contribution in [0.4, 0.5) is 5.95 Å². The Balaban J connectivity index is 1.71. The third kappa shape index (κ3) is 4.34. The molecule has 0 aliphatic carbocycles. The van der Waals surface area contributed by atoms with Crippen LogP contribution in [0.3, 0.4) is 0 Å². The molecule has 0 saturated carbocycles. The van der Waals surface area contributed by atoms with Crippen molar-refractivity contribution >= 4 is 11.9 Å². The number of nitrogens with one attached hydrogen (secondary N) is 1. The topological polar surface area (TPSA) is 63.1 Å². The number of aromatic nitrogens is 3. The van der Waals surface area contributed by atoms with Gasteiger partial charge in [-0.25, -0.2) is 4.68 Å². The second-order valence-corrected chi connectivity index (χ2v) is 6.86. The Kier molecular flexibility index (Phi) is 5.54. The van der Waals surface area contributed by atoms with Gasteiger partial charge in [0.25, 0.3) is 5.91 Å². The van der Waals surface area contributed by atoms with Gasteiger partial charge in [-0.15, -0.1) is 5.10 Å². The molecule has 0 radical (unpaired) electrons. The van der Waals surface area contributed by atoms with Crippen molar-refractivity contribution in [3.63, 3.8) is 0 Å². The first-order chi connectivity index (χ1) is 13.0. The van der Waals surface area contributed by atoms with Crippen LogP contribution in [0.25, 0.3) is 11.4 Å². The van der Waals surface area contributed by atoms with E-state index >= 15 is 0 Å². The molecule has 3 aromatic rings. The van der Waals surface area contributed by atoms with E-state index < -0.39 is 0 Å². The van der Waals surface area contributed by atoms with Crippen molar-refractivity contribution in [2.24, 2.45) is 7.05 Å². The van der Waals surface area contributed by atoms with Crippen LogP contribution in [0.1, 0.15) is 28.8 Å². The minimum atomic E-state index is -0.0941. The number of nitrogens with zero attached hydrogens (tertiary/aromatic N) is 4. The van der Waals surface area contributed by atoms with Gasteiger partial charge >= 0.3 is 0 Å². The summed E-state index contributed by atoms with van der Waals surface area (Å²) in [7, 11) is 5.70. The average molecular weight is 363 g/mol. The van der Waals surface area contributed by atoms with E-state index in [4.69, 9.17) is 0 Å². The van der Waals surface area contributed by atoms with E-state index in [-0.39, 0.29) is 11.8 Å². The second kappa shape index (κ2) is 8.03. The van der Waals surface area contributed by atoms with Gasteiger partial charge in [0.1, 0.15) is 0 Å². The number of carbonyl (C=O) groups is 1. The molecule has 0 aliphatic rings. The van der Waals surface area contributed by atoms with E-state index in [1.807, 2.05) is 68.5 Å². The predicted octanol–water partition coefficient (Wildman–Crippen LogP) is 3.08. The molecule has 1 atom stereocenters. The summed E-state index contributed by atoms with van der Waals surface area (Å²) in [4.78, 5) is 19.0. The van der Waals surface area contributed by atoms with Crippen LogP contribution < -0.4 is 10.2 Å². The summed E-state index contributed by atoms with van der Waals surface area (Å²) in [5.41, 5.74) is 2.63. The maximum Gasteiger partial charge on any atom is 0.251 e. The van der Waals surface area contributed by atoms with E-state index in [0.717, 1.165) is 11.5 Å². The Bertz CT molecular complexity index is 917. The van der Waals surface area contributed by atoms with Crippen LogP contribution in [-0.4, -0.2) is 41.3 Å². The fourth-order valence-electron chi connectivity index (χ4n) is 2.93. The number of carbonyl (C=O) groups excluding carboxylic acids is 1. The molecule has 0 spiro atoms. The monoisotopic (exact) mass is 363 g/mol. The molecular formula is C21H25N5O. The van der Waals surface area contributed by atoms with Gasteiger partial charge in [-0.05, 0) is 23.6 Å². The lowest BCUT2D eigenvalue weighted by atomic mass is 10.0. The van der Waals surface area contributed by atoms with Gasteiger partial charge in [0, 0.05) is 38.8 Å². The summed E-state index contributed by atoms with van der Waals surface area (Å²) in [6.45, 7) is 2.69. The van der Waals surface area contributed by atoms with Gasteiger partial charge in [0.2, 0.25) is 5.95 Å². The van der Waals surface area contributed by atoms with Crippen molar-refractivity contribution in [3.8, 4) is 11.4 Å². The molecule has 0 bridgehead atoms. The third-order valence-electron chi connectivity index (χ3n) is 4.46. The van der Waals surface area contributed by atoms with Gasteiger partial charge in [-0.2, -0.15) is 4.98 Å². The van der Waals surface area contributed by atoms with Crippen LogP contribution in [0.15, 0.2) is 54.6 Å². The molecule has 1 N–H and O–H groups in total. The van der Waals surface area contributed by atoms with Crippen LogP contribution in [0, 0.1) is 0 Å². The standard InChI is InChI=1S/C21H25N5O/c1-15(16-9-6-5-7-10-16)14-22-20(27)18-12-8-11-17(13-18)19-23-21(25(2)3)26(4)24-19/h5-13,15H,14H2,1-4H3,(H,22,27)/t15-/m0/s1. The minimum absolute atomic E-state index is 0.0941. The number of hydrogen-bond acceptors (Lipinski definition) is 4. The van der Waals surface area contributed by atoms with E-state index in [1.54, 1.807) is 4.68 Å². The van der Waals surface area contributed by atoms with Gasteiger partial charge in [-0.3, -0.25) is 4.79 Å². The molecule has 27 heavy (non-hydrogen) atoms. The third-order valence-corrected chi connectivity index (χ3v) is 4.46. The SMILES string of the molecule is C[C@@H](CNC(=O)c1cccc(-c2nc(N(C)C)n(C)n2)c1)c1ccccc1. The molecular weight excluding hydrogens is 338 g/mol. The molecule has 1 heterocycles. The molecule has 6 nitrogen and oxygen atoms in total. The largest absolute Gasteiger partial charge is 0.351 e. The highest BCUT2D eigenvalue weighted by molar-refractivity contribution is 5.95. The van der Waals surface area contributed by atoms with Crippen LogP contribution in [0.2, 0.25) is 0 Å². The Labute approximate surface area is 159 Å². The number of amides is 1. The molecule has 0 fully saturated rings. The lowest BCUT2D eigenvalue weighted by molar-refractivity contribution is 0.0951. The first-order valence-electron chi connectivity index (χ1n) is 8.97. The average Bonchev–Trinajstić information content (AvgIpc) is 3.08. The Morgan fingerprint density at radius 1 is 1.15 bits per heavy atom. The number of anilines is 1. The summed E-state index contributed by atoms with van der Waals surface area (Å²) >= 11 is 0. The van der Waals surface area contributed by atoms with Crippen molar-refractivity contribution in [3.05, 3.63) is 65.7 Å². The zero-order chi connectivity index (χ0) is 19.4. The van der Waals surface area contributed by atoms with Crippen LogP contribution in [-0.2, 0) is 7.05 Å². The smallest absolute Gasteiger partial charge is 0.251 e. The molecule has 2 aromatic carbocycles. The number of rotatable bonds is 6. The molecule has 0 aliphatic heterocycles. The van der Waals surface area contributed by atoms with Crippen molar-refractivity contribution in [1.82, 2.24) is 20.1 Å². The number of benzene rings is 2. The summed E-state index contributed by atoms with van der Waals surface area (Å²) < 4.78 is 1.73. The molecule has 1 amide bonds. The first-order valence-corrected chi connectivity index (χ1v) is 8.97. The maximum atomic E-state index is 12.6. The molecule has 6 heteroatoms. The van der Waals surface area contributed by atoms with Crippen molar-refractivity contribution in [2.75, 3.05) is 25.5 Å². The van der Waals surface area contributed by atoms with Crippen molar-refractivity contribution < 1.29 is 4.79 Å². The number of aryl methyl sites for hydroxylation is 1. The van der Waals surface area contributed by atoms with Crippen LogP contribution >= 0.6 is 0 Å². The highest BCUT2D eigenvalue weighted by atomic mass is 16.1. The van der Waals surface area contributed by atoms with E-state index in [2.05, 4.69) is 34.5 Å². The quantitative estimate of drug-likeness (QED) is 0.731. The van der Waals surface area contributed by atoms with Gasteiger partial charge in [-0.1, -0.05) is 49.4 Å². The molecule has 0 saturated heterocycles. The van der Waals surface area contributed by atoms with Crippen molar-refractivity contribution in [2.45, 2.75) is 12.8 Å². The molecule has 3 rings (SSSR count). The van der Waals surface area contributed by atoms with E-state index in [1.165, 1.54) is 5.56 Å². The zero-order valence-corrected chi connectivity index (χ0v) is 16.2. The zero-order valence-electron chi connectivity index (χ0n) is 16.2. The Morgan fingerprint density at radius 3 is 2.56 bits per heavy atom. The first kappa shape index (κ1) is 18.6. The summed E-state index contributed by atoms with van der Waals surface area (Å²) in [5, 5.41) is 7.47. The predicted molar refractivity (Wildman–Crippen MR) is 108 cm³/mol.